The van der Waals surface area contributed by atoms with Crippen LogP contribution in [0.25, 0.3) is 0 Å². The van der Waals surface area contributed by atoms with Gasteiger partial charge in [0.05, 0.1) is 13.7 Å². The number of urea groups is 1. The van der Waals surface area contributed by atoms with Crippen LogP contribution in [0.4, 0.5) is 9.18 Å². The summed E-state index contributed by atoms with van der Waals surface area (Å²) in [6.45, 7) is 3.22. The number of carbonyl (C=O) groups is 3. The number of ether oxygens (including phenoxy) is 1. The molecule has 0 aliphatic carbocycles. The Hall–Kier alpha value is -3.22. The molecule has 7 heteroatoms. The van der Waals surface area contributed by atoms with Crippen LogP contribution in [-0.2, 0) is 16.8 Å². The minimum atomic E-state index is -1.26. The van der Waals surface area contributed by atoms with E-state index >= 15 is 0 Å². The molecule has 2 aromatic rings. The highest BCUT2D eigenvalue weighted by Crippen LogP contribution is 2.29. The van der Waals surface area contributed by atoms with Gasteiger partial charge in [-0.2, -0.15) is 0 Å². The summed E-state index contributed by atoms with van der Waals surface area (Å²) in [5, 5.41) is 2.68. The fraction of sp³-hybridized carbons (Fsp3) is 0.318. The third kappa shape index (κ3) is 3.85. The second-order valence-electron chi connectivity index (χ2n) is 7.17. The molecule has 6 nitrogen and oxygen atoms in total. The molecule has 152 valence electrons. The van der Waals surface area contributed by atoms with Crippen molar-refractivity contribution in [1.29, 1.82) is 0 Å². The fourth-order valence-corrected chi connectivity index (χ4v) is 3.40. The zero-order valence-electron chi connectivity index (χ0n) is 16.6. The van der Waals surface area contributed by atoms with Crippen molar-refractivity contribution in [2.75, 3.05) is 13.7 Å². The maximum absolute atomic E-state index is 13.9. The molecule has 3 amide bonds. The summed E-state index contributed by atoms with van der Waals surface area (Å²) >= 11 is 0. The number of halogens is 1. The minimum absolute atomic E-state index is 0.00985. The second-order valence-corrected chi connectivity index (χ2v) is 7.17. The summed E-state index contributed by atoms with van der Waals surface area (Å²) in [5.41, 5.74) is 0.584. The molecule has 1 N–H and O–H groups in total. The standard InChI is InChI=1S/C22H23FN2O4/c1-4-5-14-6-9-16(10-7-14)22(2)20(27)25(21(28)24-22)13-18(26)15-8-11-19(29-3)17(23)12-15/h6-12H,4-5,13H2,1-3H3,(H,24,28)/t22-/m0/s1. The Morgan fingerprint density at radius 2 is 1.86 bits per heavy atom. The monoisotopic (exact) mass is 398 g/mol. The van der Waals surface area contributed by atoms with Gasteiger partial charge < -0.3 is 10.1 Å². The predicted molar refractivity (Wildman–Crippen MR) is 105 cm³/mol. The van der Waals surface area contributed by atoms with Crippen molar-refractivity contribution in [3.8, 4) is 5.75 Å². The molecular weight excluding hydrogens is 375 g/mol. The van der Waals surface area contributed by atoms with E-state index in [2.05, 4.69) is 12.2 Å². The van der Waals surface area contributed by atoms with Crippen molar-refractivity contribution in [3.05, 3.63) is 65.0 Å². The van der Waals surface area contributed by atoms with Crippen LogP contribution in [0.15, 0.2) is 42.5 Å². The van der Waals surface area contributed by atoms with Crippen LogP contribution in [0.3, 0.4) is 0 Å². The Kier molecular flexibility index (Phi) is 5.68. The van der Waals surface area contributed by atoms with Gasteiger partial charge in [0.1, 0.15) is 5.54 Å². The Labute approximate surface area is 168 Å². The van der Waals surface area contributed by atoms with Gasteiger partial charge in [0.2, 0.25) is 0 Å². The van der Waals surface area contributed by atoms with Crippen molar-refractivity contribution in [1.82, 2.24) is 10.2 Å². The van der Waals surface area contributed by atoms with E-state index < -0.39 is 35.6 Å². The summed E-state index contributed by atoms with van der Waals surface area (Å²) in [5.74, 6) is -1.74. The minimum Gasteiger partial charge on any atom is -0.494 e. The van der Waals surface area contributed by atoms with Crippen LogP contribution in [0.5, 0.6) is 5.75 Å². The van der Waals surface area contributed by atoms with Crippen LogP contribution in [0, 0.1) is 5.82 Å². The van der Waals surface area contributed by atoms with Gasteiger partial charge >= 0.3 is 6.03 Å². The van der Waals surface area contributed by atoms with Crippen molar-refractivity contribution in [3.63, 3.8) is 0 Å². The van der Waals surface area contributed by atoms with E-state index in [1.807, 2.05) is 24.3 Å². The van der Waals surface area contributed by atoms with E-state index in [-0.39, 0.29) is 11.3 Å². The molecule has 2 aromatic carbocycles. The summed E-state index contributed by atoms with van der Waals surface area (Å²) in [7, 11) is 1.32. The number of aryl methyl sites for hydroxylation is 1. The molecule has 1 fully saturated rings. The Morgan fingerprint density at radius 3 is 2.45 bits per heavy atom. The molecule has 1 aliphatic rings. The molecule has 1 heterocycles. The molecule has 29 heavy (non-hydrogen) atoms. The topological polar surface area (TPSA) is 75.7 Å². The van der Waals surface area contributed by atoms with Gasteiger partial charge in [-0.1, -0.05) is 37.6 Å². The summed E-state index contributed by atoms with van der Waals surface area (Å²) < 4.78 is 18.7. The highest BCUT2D eigenvalue weighted by atomic mass is 19.1. The number of hydrogen-bond acceptors (Lipinski definition) is 4. The number of hydrogen-bond donors (Lipinski definition) is 1. The van der Waals surface area contributed by atoms with E-state index in [1.54, 1.807) is 6.92 Å². The van der Waals surface area contributed by atoms with Crippen LogP contribution >= 0.6 is 0 Å². The van der Waals surface area contributed by atoms with Crippen molar-refractivity contribution < 1.29 is 23.5 Å². The third-order valence-electron chi connectivity index (χ3n) is 5.12. The van der Waals surface area contributed by atoms with Gasteiger partial charge in [0.25, 0.3) is 5.91 Å². The molecule has 0 saturated carbocycles. The summed E-state index contributed by atoms with van der Waals surface area (Å²) in [6, 6.07) is 10.6. The maximum atomic E-state index is 13.9. The molecule has 1 saturated heterocycles. The number of methoxy groups -OCH3 is 1. The number of nitrogens with zero attached hydrogens (tertiary/aromatic N) is 1. The first-order valence-corrected chi connectivity index (χ1v) is 9.40. The van der Waals surface area contributed by atoms with E-state index in [4.69, 9.17) is 4.74 Å². The van der Waals surface area contributed by atoms with E-state index in [0.717, 1.165) is 29.4 Å². The Balaban J connectivity index is 1.79. The molecule has 1 aliphatic heterocycles. The lowest BCUT2D eigenvalue weighted by atomic mass is 9.91. The molecule has 0 radical (unpaired) electrons. The van der Waals surface area contributed by atoms with Gasteiger partial charge in [0.15, 0.2) is 17.3 Å². The zero-order valence-corrected chi connectivity index (χ0v) is 16.6. The zero-order chi connectivity index (χ0) is 21.2. The van der Waals surface area contributed by atoms with Gasteiger partial charge in [0, 0.05) is 5.56 Å². The van der Waals surface area contributed by atoms with Crippen molar-refractivity contribution >= 4 is 17.7 Å². The van der Waals surface area contributed by atoms with E-state index in [0.29, 0.717) is 5.56 Å². The highest BCUT2D eigenvalue weighted by Gasteiger charge is 2.49. The Bertz CT molecular complexity index is 958. The predicted octanol–water partition coefficient (Wildman–Crippen LogP) is 3.44. The number of benzene rings is 2. The van der Waals surface area contributed by atoms with Gasteiger partial charge in [-0.15, -0.1) is 0 Å². The number of nitrogens with one attached hydrogen (secondary N) is 1. The SMILES string of the molecule is CCCc1ccc([C@]2(C)NC(=O)N(CC(=O)c3ccc(OC)c(F)c3)C2=O)cc1. The fourth-order valence-electron chi connectivity index (χ4n) is 3.40. The lowest BCUT2D eigenvalue weighted by Crippen LogP contribution is -2.41. The number of Topliss-reactive ketones (excluding diaryl/α,β-unsaturated/α-hetero) is 1. The number of rotatable bonds is 7. The maximum Gasteiger partial charge on any atom is 0.325 e. The third-order valence-corrected chi connectivity index (χ3v) is 5.12. The van der Waals surface area contributed by atoms with E-state index in [1.165, 1.54) is 19.2 Å². The molecule has 1 atom stereocenters. The number of imide groups is 1. The van der Waals surface area contributed by atoms with Crippen molar-refractivity contribution in [2.24, 2.45) is 0 Å². The van der Waals surface area contributed by atoms with Crippen LogP contribution in [-0.4, -0.2) is 36.3 Å². The molecular formula is C22H23FN2O4. The second kappa shape index (κ2) is 8.03. The van der Waals surface area contributed by atoms with Crippen molar-refractivity contribution in [2.45, 2.75) is 32.2 Å². The number of carbonyl (C=O) groups excluding carboxylic acids is 3. The van der Waals surface area contributed by atoms with Gasteiger partial charge in [-0.25, -0.2) is 9.18 Å². The molecule has 3 rings (SSSR count). The van der Waals surface area contributed by atoms with Gasteiger partial charge in [-0.05, 0) is 42.7 Å². The quantitative estimate of drug-likeness (QED) is 0.573. The first-order valence-electron chi connectivity index (χ1n) is 9.40. The summed E-state index contributed by atoms with van der Waals surface area (Å²) in [4.78, 5) is 38.8. The smallest absolute Gasteiger partial charge is 0.325 e. The number of amides is 3. The van der Waals surface area contributed by atoms with E-state index in [9.17, 15) is 18.8 Å². The van der Waals surface area contributed by atoms with Crippen LogP contribution in [0.1, 0.15) is 41.8 Å². The lowest BCUT2D eigenvalue weighted by molar-refractivity contribution is -0.130. The summed E-state index contributed by atoms with van der Waals surface area (Å²) in [6.07, 6.45) is 1.93. The average Bonchev–Trinajstić information content (AvgIpc) is 2.92. The molecule has 0 spiro atoms. The first kappa shape index (κ1) is 20.5. The molecule has 0 bridgehead atoms. The largest absolute Gasteiger partial charge is 0.494 e. The van der Waals surface area contributed by atoms with Crippen LogP contribution < -0.4 is 10.1 Å². The Morgan fingerprint density at radius 1 is 1.17 bits per heavy atom. The van der Waals surface area contributed by atoms with Gasteiger partial charge in [-0.3, -0.25) is 14.5 Å². The molecule has 0 aromatic heterocycles. The molecule has 0 unspecified atom stereocenters. The highest BCUT2D eigenvalue weighted by molar-refractivity contribution is 6.11. The van der Waals surface area contributed by atoms with Crippen LogP contribution in [0.2, 0.25) is 0 Å². The normalized spacial score (nSPS) is 18.7. The number of ketones is 1. The average molecular weight is 398 g/mol. The first-order chi connectivity index (χ1) is 13.8. The lowest BCUT2D eigenvalue weighted by Gasteiger charge is -2.22.